The van der Waals surface area contributed by atoms with Crippen LogP contribution in [0, 0.1) is 23.7 Å². The molecule has 6 saturated heterocycles. The molecule has 0 saturated carbocycles. The molecule has 0 spiro atoms. The number of pyridine rings is 2. The van der Waals surface area contributed by atoms with Gasteiger partial charge >= 0.3 is 0 Å². The molecule has 0 amide bonds. The van der Waals surface area contributed by atoms with Gasteiger partial charge in [0.25, 0.3) is 0 Å². The summed E-state index contributed by atoms with van der Waals surface area (Å²) in [4.78, 5) is 26.0. The highest BCUT2D eigenvalue weighted by Gasteiger charge is 2.47. The number of hydrogen-bond donors (Lipinski definition) is 0. The first-order valence-electron chi connectivity index (χ1n) is 25.8. The van der Waals surface area contributed by atoms with Gasteiger partial charge in [0.2, 0.25) is 17.5 Å². The smallest absolute Gasteiger partial charge is 0.229 e. The van der Waals surface area contributed by atoms with Gasteiger partial charge in [0.05, 0.1) is 58.7 Å². The fraction of sp³-hybridized carbons (Fsp3) is 0.424. The maximum absolute atomic E-state index is 7.84. The van der Waals surface area contributed by atoms with Crippen LogP contribution in [-0.2, 0) is 0 Å². The normalized spacial score (nSPS) is 24.2. The lowest BCUT2D eigenvalue weighted by Crippen LogP contribution is -2.56. The van der Waals surface area contributed by atoms with Crippen molar-refractivity contribution in [3.05, 3.63) is 115 Å². The summed E-state index contributed by atoms with van der Waals surface area (Å²) in [7, 11) is 8.25. The van der Waals surface area contributed by atoms with Gasteiger partial charge in [-0.15, -0.1) is 0 Å². The molecular formula is C59H66N6O7. The Balaban J connectivity index is 1.16. The average Bonchev–Trinajstić information content (AvgIpc) is 3.45. The number of aromatic nitrogens is 4. The number of nitrogens with zero attached hydrogens (tertiary/aromatic N) is 6. The van der Waals surface area contributed by atoms with E-state index in [1.807, 2.05) is 67.0 Å². The van der Waals surface area contributed by atoms with Crippen LogP contribution in [0.25, 0.3) is 44.3 Å². The molecule has 4 bridgehead atoms. The minimum absolute atomic E-state index is 0.0407. The number of ether oxygens (including phenoxy) is 7. The lowest BCUT2D eigenvalue weighted by Gasteiger charge is -2.52. The van der Waals surface area contributed by atoms with E-state index in [1.54, 1.807) is 35.5 Å². The van der Waals surface area contributed by atoms with Gasteiger partial charge in [-0.1, -0.05) is 57.0 Å². The van der Waals surface area contributed by atoms with Gasteiger partial charge in [-0.2, -0.15) is 9.97 Å². The first-order chi connectivity index (χ1) is 35.3. The molecular weight excluding hydrogens is 905 g/mol. The number of hydrogen-bond acceptors (Lipinski definition) is 13. The van der Waals surface area contributed by atoms with Crippen molar-refractivity contribution in [2.45, 2.75) is 76.7 Å². The van der Waals surface area contributed by atoms with Crippen LogP contribution >= 0.6 is 0 Å². The van der Waals surface area contributed by atoms with Gasteiger partial charge in [-0.25, -0.2) is 0 Å². The van der Waals surface area contributed by atoms with E-state index in [2.05, 4.69) is 60.0 Å². The minimum Gasteiger partial charge on any atom is -0.497 e. The van der Waals surface area contributed by atoms with Crippen LogP contribution < -0.4 is 33.2 Å². The Kier molecular flexibility index (Phi) is 13.5. The van der Waals surface area contributed by atoms with E-state index in [4.69, 9.17) is 53.1 Å². The maximum Gasteiger partial charge on any atom is 0.229 e. The molecule has 6 aliphatic rings. The van der Waals surface area contributed by atoms with Gasteiger partial charge in [0.1, 0.15) is 29.3 Å². The summed E-state index contributed by atoms with van der Waals surface area (Å²) in [5.74, 6) is 6.54. The molecule has 13 nitrogen and oxygen atoms in total. The predicted octanol–water partition coefficient (Wildman–Crippen LogP) is 11.4. The largest absolute Gasteiger partial charge is 0.497 e. The Morgan fingerprint density at radius 2 is 1.06 bits per heavy atom. The molecule has 374 valence electrons. The Bertz CT molecular complexity index is 2890. The number of benzene rings is 4. The predicted molar refractivity (Wildman–Crippen MR) is 280 cm³/mol. The van der Waals surface area contributed by atoms with Crippen LogP contribution in [0.5, 0.6) is 40.5 Å². The first-order valence-corrected chi connectivity index (χ1v) is 25.8. The molecule has 6 aliphatic heterocycles. The lowest BCUT2D eigenvalue weighted by atomic mass is 9.72. The van der Waals surface area contributed by atoms with E-state index in [9.17, 15) is 0 Å². The molecule has 13 heteroatoms. The highest BCUT2D eigenvalue weighted by molar-refractivity contribution is 5.85. The molecule has 13 rings (SSSR count). The fourth-order valence-corrected chi connectivity index (χ4v) is 12.7. The highest BCUT2D eigenvalue weighted by atomic mass is 16.5. The lowest BCUT2D eigenvalue weighted by molar-refractivity contribution is -0.0510. The number of rotatable bonds is 17. The van der Waals surface area contributed by atoms with Crippen LogP contribution in [0.2, 0.25) is 0 Å². The first kappa shape index (κ1) is 47.6. The zero-order chi connectivity index (χ0) is 49.5. The second-order valence-electron chi connectivity index (χ2n) is 20.0. The Morgan fingerprint density at radius 1 is 0.556 bits per heavy atom. The summed E-state index contributed by atoms with van der Waals surface area (Å²) in [6.45, 7) is 8.69. The van der Waals surface area contributed by atoms with Gasteiger partial charge in [-0.3, -0.25) is 19.8 Å². The summed E-state index contributed by atoms with van der Waals surface area (Å²) < 4.78 is 45.1. The third kappa shape index (κ3) is 8.78. The molecule has 72 heavy (non-hydrogen) atoms. The number of piperidine rings is 6. The monoisotopic (exact) mass is 970 g/mol. The summed E-state index contributed by atoms with van der Waals surface area (Å²) in [6, 6.07) is 30.6. The van der Waals surface area contributed by atoms with Crippen LogP contribution in [-0.4, -0.2) is 104 Å². The SMILES string of the molecule is CC[C@H]1CN2CC[C@H]1C[C@H]2[C@H](Oc1nc(-c2cc(OC)c(OC)c(OC)c2)nc(O[C@H](c2ccnc3ccc(OC)cc23)[C@@H]2C[C@@H]3CCN2C[C@@H]3CC)c1-c1ccccc1)c1ccnc2ccc(OC)cc12. The number of methoxy groups -OCH3 is 5. The van der Waals surface area contributed by atoms with Gasteiger partial charge in [0, 0.05) is 52.9 Å². The third-order valence-corrected chi connectivity index (χ3v) is 16.5. The summed E-state index contributed by atoms with van der Waals surface area (Å²) in [5, 5.41) is 1.94. The molecule has 7 aromatic rings. The Labute approximate surface area is 422 Å². The zero-order valence-electron chi connectivity index (χ0n) is 42.5. The van der Waals surface area contributed by atoms with Crippen LogP contribution in [0.4, 0.5) is 0 Å². The van der Waals surface area contributed by atoms with Gasteiger partial charge < -0.3 is 33.2 Å². The molecule has 10 atom stereocenters. The maximum atomic E-state index is 7.84. The van der Waals surface area contributed by atoms with E-state index in [0.717, 1.165) is 102 Å². The summed E-state index contributed by atoms with van der Waals surface area (Å²) in [6.07, 6.45) is 9.48. The van der Waals surface area contributed by atoms with Crippen molar-refractivity contribution in [2.75, 3.05) is 61.7 Å². The molecule has 6 fully saturated rings. The van der Waals surface area contributed by atoms with Gasteiger partial charge in [0.15, 0.2) is 17.3 Å². The molecule has 2 unspecified atom stereocenters. The van der Waals surface area contributed by atoms with Crippen molar-refractivity contribution >= 4 is 21.8 Å². The van der Waals surface area contributed by atoms with Crippen molar-refractivity contribution in [1.29, 1.82) is 0 Å². The second-order valence-corrected chi connectivity index (χ2v) is 20.0. The van der Waals surface area contributed by atoms with E-state index in [-0.39, 0.29) is 12.1 Å². The molecule has 0 N–H and O–H groups in total. The molecule has 9 heterocycles. The second kappa shape index (κ2) is 20.4. The number of fused-ring (bicyclic) bond motifs is 8. The van der Waals surface area contributed by atoms with Crippen LogP contribution in [0.3, 0.4) is 0 Å². The summed E-state index contributed by atoms with van der Waals surface area (Å²) in [5.41, 5.74) is 5.94. The third-order valence-electron chi connectivity index (χ3n) is 16.5. The summed E-state index contributed by atoms with van der Waals surface area (Å²) >= 11 is 0. The molecule has 0 aliphatic carbocycles. The van der Waals surface area contributed by atoms with Crippen LogP contribution in [0.15, 0.2) is 103 Å². The van der Waals surface area contributed by atoms with Crippen LogP contribution in [0.1, 0.15) is 75.7 Å². The molecule has 4 aromatic carbocycles. The molecule has 3 aromatic heterocycles. The van der Waals surface area contributed by atoms with Crippen molar-refractivity contribution in [2.24, 2.45) is 23.7 Å². The van der Waals surface area contributed by atoms with Crippen molar-refractivity contribution in [3.63, 3.8) is 0 Å². The standard InChI is InChI=1S/C59H66N6O7/c1-8-35-33-64-25-21-38(35)27-49(64)54(43-19-23-60-47-17-15-41(66-3)31-45(43)47)71-58-53(37-13-11-10-12-14-37)59(63-57(62-58)40-29-51(68-5)56(70-7)52(30-40)69-6)72-55(50-28-39-22-26-65(50)34-36(39)9-2)44-20-24-61-48-18-16-42(67-4)32-46(44)48/h10-20,23-24,29-32,35-36,38-39,49-50,54-55H,8-9,21-22,25-28,33-34H2,1-7H3/t35-,36-,38-,39-,49-,50-,54+,55+/m0/s1. The topological polar surface area (TPSA) is 123 Å². The quantitative estimate of drug-likeness (QED) is 0.0861. The van der Waals surface area contributed by atoms with E-state index >= 15 is 0 Å². The van der Waals surface area contributed by atoms with E-state index in [1.165, 1.54) is 12.8 Å². The van der Waals surface area contributed by atoms with Crippen molar-refractivity contribution in [1.82, 2.24) is 29.7 Å². The fourth-order valence-electron chi connectivity index (χ4n) is 12.7. The Hall–Kier alpha value is -6.70. The van der Waals surface area contributed by atoms with Gasteiger partial charge in [-0.05, 0) is 129 Å². The molecule has 0 radical (unpaired) electrons. The highest BCUT2D eigenvalue weighted by Crippen LogP contribution is 2.50. The van der Waals surface area contributed by atoms with E-state index < -0.39 is 12.2 Å². The van der Waals surface area contributed by atoms with Crippen molar-refractivity contribution < 1.29 is 33.2 Å². The zero-order valence-corrected chi connectivity index (χ0v) is 42.5. The Morgan fingerprint density at radius 3 is 1.47 bits per heavy atom. The minimum atomic E-state index is -0.472. The average molecular weight is 971 g/mol. The van der Waals surface area contributed by atoms with Crippen molar-refractivity contribution in [3.8, 4) is 63.0 Å². The van der Waals surface area contributed by atoms with E-state index in [0.29, 0.717) is 69.6 Å².